The largest absolute Gasteiger partial charge is 0.478 e. The highest BCUT2D eigenvalue weighted by atomic mass is 16.5. The van der Waals surface area contributed by atoms with Crippen molar-refractivity contribution in [3.05, 3.63) is 12.2 Å². The fraction of sp³-hybridized carbons (Fsp3) is 0.765. The summed E-state index contributed by atoms with van der Waals surface area (Å²) in [7, 11) is 0. The van der Waals surface area contributed by atoms with Gasteiger partial charge in [0.25, 0.3) is 0 Å². The summed E-state index contributed by atoms with van der Waals surface area (Å²) < 4.78 is 5.77. The molecule has 0 heterocycles. The Morgan fingerprint density at radius 3 is 2.00 bits per heavy atom. The first-order chi connectivity index (χ1) is 11.3. The molecule has 7 nitrogen and oxygen atoms in total. The van der Waals surface area contributed by atoms with Crippen molar-refractivity contribution >= 4 is 11.9 Å². The van der Waals surface area contributed by atoms with E-state index >= 15 is 0 Å². The van der Waals surface area contributed by atoms with Gasteiger partial charge in [0.1, 0.15) is 0 Å². The van der Waals surface area contributed by atoms with Crippen LogP contribution in [0.3, 0.4) is 0 Å². The first-order valence-corrected chi connectivity index (χ1v) is 8.48. The van der Waals surface area contributed by atoms with Gasteiger partial charge < -0.3 is 25.4 Å². The lowest BCUT2D eigenvalue weighted by atomic mass is 10.1. The van der Waals surface area contributed by atoms with E-state index in [2.05, 4.69) is 19.2 Å². The van der Waals surface area contributed by atoms with Crippen molar-refractivity contribution in [1.29, 1.82) is 0 Å². The van der Waals surface area contributed by atoms with Crippen LogP contribution in [-0.4, -0.2) is 58.7 Å². The minimum absolute atomic E-state index is 0.370. The number of ether oxygens (including phenoxy) is 1. The van der Waals surface area contributed by atoms with Gasteiger partial charge in [-0.1, -0.05) is 39.5 Å². The molecule has 0 bridgehead atoms. The molecule has 4 N–H and O–H groups in total. The Morgan fingerprint density at radius 2 is 1.58 bits per heavy atom. The van der Waals surface area contributed by atoms with E-state index in [4.69, 9.17) is 14.9 Å². The molecule has 0 aromatic rings. The third-order valence-electron chi connectivity index (χ3n) is 3.46. The first kappa shape index (κ1) is 22.6. The lowest BCUT2D eigenvalue weighted by Gasteiger charge is -2.19. The maximum Gasteiger partial charge on any atom is 0.328 e. The molecule has 0 saturated heterocycles. The van der Waals surface area contributed by atoms with Crippen LogP contribution >= 0.6 is 0 Å². The smallest absolute Gasteiger partial charge is 0.328 e. The summed E-state index contributed by atoms with van der Waals surface area (Å²) >= 11 is 0. The Kier molecular flexibility index (Phi) is 13.1. The van der Waals surface area contributed by atoms with Gasteiger partial charge in [-0.3, -0.25) is 0 Å². The van der Waals surface area contributed by atoms with Crippen LogP contribution in [0.25, 0.3) is 0 Å². The molecule has 1 rings (SSSR count). The fourth-order valence-electron chi connectivity index (χ4n) is 2.23. The topological polar surface area (TPSA) is 116 Å². The van der Waals surface area contributed by atoms with Crippen molar-refractivity contribution in [3.63, 3.8) is 0 Å². The molecule has 1 fully saturated rings. The zero-order valence-corrected chi connectivity index (χ0v) is 14.6. The summed E-state index contributed by atoms with van der Waals surface area (Å²) in [6.45, 7) is 5.27. The molecule has 0 radical (unpaired) electrons. The van der Waals surface area contributed by atoms with Crippen molar-refractivity contribution in [2.24, 2.45) is 0 Å². The number of hydrogen-bond donors (Lipinski definition) is 4. The lowest BCUT2D eigenvalue weighted by molar-refractivity contribution is -0.134. The lowest BCUT2D eigenvalue weighted by Crippen LogP contribution is -2.35. The number of aliphatic hydroxyl groups excluding tert-OH is 1. The van der Waals surface area contributed by atoms with Crippen LogP contribution in [0.5, 0.6) is 0 Å². The Labute approximate surface area is 143 Å². The van der Waals surface area contributed by atoms with E-state index in [1.54, 1.807) is 0 Å². The van der Waals surface area contributed by atoms with E-state index in [9.17, 15) is 14.7 Å². The van der Waals surface area contributed by atoms with Crippen molar-refractivity contribution in [1.82, 2.24) is 5.32 Å². The quantitative estimate of drug-likeness (QED) is 0.391. The van der Waals surface area contributed by atoms with Crippen LogP contribution in [0.4, 0.5) is 0 Å². The summed E-state index contributed by atoms with van der Waals surface area (Å²) in [6.07, 6.45) is 8.73. The zero-order valence-electron chi connectivity index (χ0n) is 14.6. The molecule has 0 spiro atoms. The van der Waals surface area contributed by atoms with Crippen LogP contribution in [0.15, 0.2) is 12.2 Å². The standard InChI is InChI=1S/C13H27NO2.C4H4O4/c1-11(2)14-9-12(15)10-16-13-7-5-3-4-6-8-13;5-3(6)1-2-4(7)8/h11-15H,3-10H2,1-2H3;1-2H,(H,5,6)(H,7,8)/b;2-1-. The van der Waals surface area contributed by atoms with Crippen molar-refractivity contribution in [2.45, 2.75) is 70.6 Å². The summed E-state index contributed by atoms with van der Waals surface area (Å²) in [5.41, 5.74) is 0. The highest BCUT2D eigenvalue weighted by Crippen LogP contribution is 2.19. The third kappa shape index (κ3) is 15.5. The van der Waals surface area contributed by atoms with Crippen molar-refractivity contribution in [3.8, 4) is 0 Å². The van der Waals surface area contributed by atoms with Crippen molar-refractivity contribution < 1.29 is 29.6 Å². The maximum absolute atomic E-state index is 9.71. The number of hydrogen-bond acceptors (Lipinski definition) is 5. The van der Waals surface area contributed by atoms with Crippen LogP contribution in [0.2, 0.25) is 0 Å². The number of aliphatic hydroxyl groups is 1. The summed E-state index contributed by atoms with van der Waals surface area (Å²) in [5.74, 6) is -2.51. The van der Waals surface area contributed by atoms with E-state index in [1.807, 2.05) is 0 Å². The third-order valence-corrected chi connectivity index (χ3v) is 3.46. The van der Waals surface area contributed by atoms with Gasteiger partial charge in [0.2, 0.25) is 0 Å². The number of carboxylic acids is 2. The first-order valence-electron chi connectivity index (χ1n) is 8.48. The summed E-state index contributed by atoms with van der Waals surface area (Å²) in [5, 5.41) is 28.6. The van der Waals surface area contributed by atoms with Gasteiger partial charge in [0.05, 0.1) is 18.8 Å². The molecule has 1 atom stereocenters. The molecule has 1 aliphatic carbocycles. The Bertz CT molecular complexity index is 359. The molecule has 0 amide bonds. The highest BCUT2D eigenvalue weighted by Gasteiger charge is 2.14. The number of aliphatic carboxylic acids is 2. The Hall–Kier alpha value is -1.44. The molecule has 140 valence electrons. The van der Waals surface area contributed by atoms with E-state index in [0.717, 1.165) is 0 Å². The number of rotatable bonds is 8. The predicted octanol–water partition coefficient (Wildman–Crippen LogP) is 1.80. The van der Waals surface area contributed by atoms with Crippen LogP contribution in [0, 0.1) is 0 Å². The second kappa shape index (κ2) is 13.9. The molecule has 0 aliphatic heterocycles. The molecule has 24 heavy (non-hydrogen) atoms. The maximum atomic E-state index is 9.71. The molecular formula is C17H31NO6. The van der Waals surface area contributed by atoms with Gasteiger partial charge >= 0.3 is 11.9 Å². The van der Waals surface area contributed by atoms with Gasteiger partial charge in [-0.05, 0) is 12.8 Å². The molecule has 1 saturated carbocycles. The molecule has 0 aromatic heterocycles. The van der Waals surface area contributed by atoms with Gasteiger partial charge in [-0.25, -0.2) is 9.59 Å². The van der Waals surface area contributed by atoms with Crippen molar-refractivity contribution in [2.75, 3.05) is 13.2 Å². The minimum Gasteiger partial charge on any atom is -0.478 e. The van der Waals surface area contributed by atoms with Gasteiger partial charge in [-0.15, -0.1) is 0 Å². The predicted molar refractivity (Wildman–Crippen MR) is 91.0 cm³/mol. The molecule has 1 aliphatic rings. The van der Waals surface area contributed by atoms with Crippen LogP contribution < -0.4 is 5.32 Å². The molecule has 7 heteroatoms. The Morgan fingerprint density at radius 1 is 1.08 bits per heavy atom. The molecule has 0 aromatic carbocycles. The minimum atomic E-state index is -1.26. The Balaban J connectivity index is 0.000000561. The van der Waals surface area contributed by atoms with E-state index in [1.165, 1.54) is 38.5 Å². The number of nitrogens with one attached hydrogen (secondary N) is 1. The van der Waals surface area contributed by atoms with Crippen LogP contribution in [0.1, 0.15) is 52.4 Å². The van der Waals surface area contributed by atoms with Crippen LogP contribution in [-0.2, 0) is 14.3 Å². The van der Waals surface area contributed by atoms with Gasteiger partial charge in [0, 0.05) is 24.7 Å². The van der Waals surface area contributed by atoms with Gasteiger partial charge in [0.15, 0.2) is 0 Å². The average molecular weight is 345 g/mol. The average Bonchev–Trinajstić information content (AvgIpc) is 2.78. The van der Waals surface area contributed by atoms with E-state index < -0.39 is 11.9 Å². The molecule has 1 unspecified atom stereocenters. The van der Waals surface area contributed by atoms with E-state index in [-0.39, 0.29) is 6.10 Å². The molecular weight excluding hydrogens is 314 g/mol. The summed E-state index contributed by atoms with van der Waals surface area (Å²) in [6, 6.07) is 0.424. The highest BCUT2D eigenvalue weighted by molar-refractivity contribution is 5.89. The van der Waals surface area contributed by atoms with Gasteiger partial charge in [-0.2, -0.15) is 0 Å². The van der Waals surface area contributed by atoms with E-state index in [0.29, 0.717) is 37.4 Å². The second-order valence-electron chi connectivity index (χ2n) is 6.17. The SMILES string of the molecule is CC(C)NCC(O)COC1CCCCCC1.O=C(O)/C=C\C(=O)O. The number of carboxylic acid groups (broad SMARTS) is 2. The zero-order chi connectivity index (χ0) is 18.4. The number of carbonyl (C=O) groups is 2. The second-order valence-corrected chi connectivity index (χ2v) is 6.17. The monoisotopic (exact) mass is 345 g/mol. The summed E-state index contributed by atoms with van der Waals surface area (Å²) in [4.78, 5) is 19.1. The normalized spacial score (nSPS) is 17.2. The fourth-order valence-corrected chi connectivity index (χ4v) is 2.23.